The second kappa shape index (κ2) is 5.13. The summed E-state index contributed by atoms with van der Waals surface area (Å²) in [5, 5.41) is 13.9. The Kier molecular flexibility index (Phi) is 3.34. The summed E-state index contributed by atoms with van der Waals surface area (Å²) in [5.74, 6) is -1.25. The number of hydrogen-bond donors (Lipinski definition) is 2. The van der Waals surface area contributed by atoms with Crippen molar-refractivity contribution in [1.29, 1.82) is 0 Å². The van der Waals surface area contributed by atoms with Crippen LogP contribution >= 0.6 is 0 Å². The van der Waals surface area contributed by atoms with Crippen molar-refractivity contribution >= 4 is 0 Å². The van der Waals surface area contributed by atoms with E-state index >= 15 is 0 Å². The Morgan fingerprint density at radius 2 is 1.74 bits per heavy atom. The molecule has 0 aromatic heterocycles. The van der Waals surface area contributed by atoms with Gasteiger partial charge >= 0.3 is 0 Å². The van der Waals surface area contributed by atoms with Crippen LogP contribution in [-0.2, 0) is 10.5 Å². The summed E-state index contributed by atoms with van der Waals surface area (Å²) in [6, 6.07) is 17.9. The molecular formula is C16H17NO2. The fourth-order valence-electron chi connectivity index (χ4n) is 2.47. The molecule has 0 amide bonds. The van der Waals surface area contributed by atoms with Crippen molar-refractivity contribution in [3.63, 3.8) is 0 Å². The molecule has 0 aliphatic carbocycles. The van der Waals surface area contributed by atoms with E-state index < -0.39 is 5.79 Å². The minimum atomic E-state index is -1.25. The van der Waals surface area contributed by atoms with Crippen LogP contribution in [0, 0.1) is 0 Å². The monoisotopic (exact) mass is 255 g/mol. The van der Waals surface area contributed by atoms with Crippen molar-refractivity contribution in [2.24, 2.45) is 0 Å². The summed E-state index contributed by atoms with van der Waals surface area (Å²) < 4.78 is 5.61. The van der Waals surface area contributed by atoms with Crippen molar-refractivity contribution in [3.8, 4) is 11.1 Å². The predicted molar refractivity (Wildman–Crippen MR) is 74.6 cm³/mol. The highest BCUT2D eigenvalue weighted by Gasteiger charge is 2.34. The van der Waals surface area contributed by atoms with E-state index in [4.69, 9.17) is 4.74 Å². The van der Waals surface area contributed by atoms with Gasteiger partial charge in [0, 0.05) is 12.1 Å². The first-order valence-corrected chi connectivity index (χ1v) is 6.52. The van der Waals surface area contributed by atoms with Gasteiger partial charge < -0.3 is 15.2 Å². The number of rotatable bonds is 2. The molecule has 3 nitrogen and oxygen atoms in total. The van der Waals surface area contributed by atoms with Crippen LogP contribution < -0.4 is 5.32 Å². The zero-order chi connectivity index (χ0) is 13.1. The van der Waals surface area contributed by atoms with Crippen molar-refractivity contribution in [2.45, 2.75) is 5.79 Å². The van der Waals surface area contributed by atoms with Gasteiger partial charge in [0.2, 0.25) is 5.79 Å². The first-order valence-electron chi connectivity index (χ1n) is 6.52. The minimum absolute atomic E-state index is 0.414. The van der Waals surface area contributed by atoms with Gasteiger partial charge in [0.25, 0.3) is 0 Å². The van der Waals surface area contributed by atoms with Crippen LogP contribution in [0.4, 0.5) is 0 Å². The van der Waals surface area contributed by atoms with Crippen molar-refractivity contribution in [3.05, 3.63) is 60.2 Å². The lowest BCUT2D eigenvalue weighted by Gasteiger charge is -2.34. The highest BCUT2D eigenvalue weighted by molar-refractivity contribution is 5.68. The third-order valence-electron chi connectivity index (χ3n) is 3.42. The molecule has 2 aromatic rings. The first-order chi connectivity index (χ1) is 9.30. The van der Waals surface area contributed by atoms with Crippen LogP contribution in [0.15, 0.2) is 54.6 Å². The largest absolute Gasteiger partial charge is 0.361 e. The van der Waals surface area contributed by atoms with E-state index in [9.17, 15) is 5.11 Å². The normalized spacial score (nSPS) is 23.2. The van der Waals surface area contributed by atoms with E-state index in [2.05, 4.69) is 5.32 Å². The number of hydrogen-bond acceptors (Lipinski definition) is 3. The second-order valence-corrected chi connectivity index (χ2v) is 4.72. The van der Waals surface area contributed by atoms with E-state index in [1.165, 1.54) is 0 Å². The van der Waals surface area contributed by atoms with Gasteiger partial charge in [-0.1, -0.05) is 54.6 Å². The lowest BCUT2D eigenvalue weighted by atomic mass is 9.93. The Morgan fingerprint density at radius 1 is 1.00 bits per heavy atom. The zero-order valence-corrected chi connectivity index (χ0v) is 10.7. The lowest BCUT2D eigenvalue weighted by molar-refractivity contribution is -0.222. The molecule has 2 aromatic carbocycles. The number of aliphatic hydroxyl groups is 1. The molecule has 1 aliphatic heterocycles. The highest BCUT2D eigenvalue weighted by atomic mass is 16.6. The Morgan fingerprint density at radius 3 is 2.47 bits per heavy atom. The molecule has 1 atom stereocenters. The predicted octanol–water partition coefficient (Wildman–Crippen LogP) is 2.12. The minimum Gasteiger partial charge on any atom is -0.361 e. The summed E-state index contributed by atoms with van der Waals surface area (Å²) in [6.45, 7) is 1.70. The summed E-state index contributed by atoms with van der Waals surface area (Å²) >= 11 is 0. The number of morpholine rings is 1. The molecule has 1 unspecified atom stereocenters. The first kappa shape index (κ1) is 12.4. The number of benzene rings is 2. The molecule has 1 fully saturated rings. The fourth-order valence-corrected chi connectivity index (χ4v) is 2.47. The molecule has 3 rings (SSSR count). The standard InChI is InChI=1S/C16H17NO2/c18-16(12-17-10-11-19-16)15-9-5-4-8-14(15)13-6-2-1-3-7-13/h1-9,17-18H,10-12H2. The third kappa shape index (κ3) is 2.40. The van der Waals surface area contributed by atoms with Crippen LogP contribution in [0.2, 0.25) is 0 Å². The smallest absolute Gasteiger partial charge is 0.205 e. The third-order valence-corrected chi connectivity index (χ3v) is 3.42. The van der Waals surface area contributed by atoms with Crippen LogP contribution in [-0.4, -0.2) is 24.8 Å². The summed E-state index contributed by atoms with van der Waals surface area (Å²) in [7, 11) is 0. The molecule has 0 bridgehead atoms. The van der Waals surface area contributed by atoms with Gasteiger partial charge in [0.1, 0.15) is 0 Å². The summed E-state index contributed by atoms with van der Waals surface area (Å²) in [6.07, 6.45) is 0. The Hall–Kier alpha value is -1.68. The Bertz CT molecular complexity index is 548. The van der Waals surface area contributed by atoms with Gasteiger partial charge in [0.05, 0.1) is 13.2 Å². The van der Waals surface area contributed by atoms with Gasteiger partial charge in [0.15, 0.2) is 0 Å². The average Bonchev–Trinajstić information content (AvgIpc) is 2.49. The van der Waals surface area contributed by atoms with Crippen LogP contribution in [0.3, 0.4) is 0 Å². The number of ether oxygens (including phenoxy) is 1. The lowest BCUT2D eigenvalue weighted by Crippen LogP contribution is -2.47. The molecule has 0 saturated carbocycles. The van der Waals surface area contributed by atoms with Crippen LogP contribution in [0.5, 0.6) is 0 Å². The molecule has 0 spiro atoms. The van der Waals surface area contributed by atoms with Gasteiger partial charge in [-0.05, 0) is 11.1 Å². The second-order valence-electron chi connectivity index (χ2n) is 4.72. The molecule has 1 heterocycles. The molecule has 0 radical (unpaired) electrons. The Labute approximate surface area is 112 Å². The number of β-amino-alcohol motifs (C(OH)–C–C–N with tert-alkyl or cyclic N) is 1. The quantitative estimate of drug-likeness (QED) is 0.863. The summed E-state index contributed by atoms with van der Waals surface area (Å²) in [5.41, 5.74) is 2.91. The average molecular weight is 255 g/mol. The van der Waals surface area contributed by atoms with E-state index in [-0.39, 0.29) is 0 Å². The molecule has 98 valence electrons. The van der Waals surface area contributed by atoms with Crippen molar-refractivity contribution in [1.82, 2.24) is 5.32 Å². The van der Waals surface area contributed by atoms with Crippen molar-refractivity contribution in [2.75, 3.05) is 19.7 Å². The van der Waals surface area contributed by atoms with Gasteiger partial charge in [-0.2, -0.15) is 0 Å². The topological polar surface area (TPSA) is 41.5 Å². The van der Waals surface area contributed by atoms with Gasteiger partial charge in [-0.15, -0.1) is 0 Å². The molecule has 2 N–H and O–H groups in total. The maximum Gasteiger partial charge on any atom is 0.205 e. The van der Waals surface area contributed by atoms with E-state index in [0.29, 0.717) is 13.2 Å². The maximum absolute atomic E-state index is 10.7. The van der Waals surface area contributed by atoms with E-state index in [0.717, 1.165) is 23.2 Å². The van der Waals surface area contributed by atoms with Gasteiger partial charge in [-0.25, -0.2) is 0 Å². The number of nitrogens with one attached hydrogen (secondary N) is 1. The van der Waals surface area contributed by atoms with E-state index in [1.54, 1.807) is 0 Å². The van der Waals surface area contributed by atoms with Crippen molar-refractivity contribution < 1.29 is 9.84 Å². The van der Waals surface area contributed by atoms with Crippen LogP contribution in [0.25, 0.3) is 11.1 Å². The molecule has 1 aliphatic rings. The fraction of sp³-hybridized carbons (Fsp3) is 0.250. The van der Waals surface area contributed by atoms with Crippen LogP contribution in [0.1, 0.15) is 5.56 Å². The van der Waals surface area contributed by atoms with E-state index in [1.807, 2.05) is 54.6 Å². The zero-order valence-electron chi connectivity index (χ0n) is 10.7. The highest BCUT2D eigenvalue weighted by Crippen LogP contribution is 2.33. The maximum atomic E-state index is 10.7. The molecule has 3 heteroatoms. The summed E-state index contributed by atoms with van der Waals surface area (Å²) in [4.78, 5) is 0. The molecule has 19 heavy (non-hydrogen) atoms. The Balaban J connectivity index is 2.07. The molecule has 1 saturated heterocycles. The molecular weight excluding hydrogens is 238 g/mol. The van der Waals surface area contributed by atoms with Gasteiger partial charge in [-0.3, -0.25) is 0 Å². The SMILES string of the molecule is OC1(c2ccccc2-c2ccccc2)CNCCO1.